The maximum atomic E-state index is 14.6. The summed E-state index contributed by atoms with van der Waals surface area (Å²) in [7, 11) is 0. The van der Waals surface area contributed by atoms with Crippen molar-refractivity contribution in [1.82, 2.24) is 0 Å². The van der Waals surface area contributed by atoms with Gasteiger partial charge in [0.05, 0.1) is 37.7 Å². The summed E-state index contributed by atoms with van der Waals surface area (Å²) in [4.78, 5) is 19.6. The molecule has 16 heteroatoms. The molecule has 0 saturated carbocycles. The van der Waals surface area contributed by atoms with E-state index < -0.39 is 73.6 Å². The first-order valence-corrected chi connectivity index (χ1v) is 21.1. The predicted molar refractivity (Wildman–Crippen MR) is 223 cm³/mol. The van der Waals surface area contributed by atoms with Crippen molar-refractivity contribution in [2.75, 3.05) is 6.61 Å². The van der Waals surface area contributed by atoms with E-state index in [1.807, 2.05) is 88.4 Å². The Morgan fingerprint density at radius 3 is 1.89 bits per heavy atom. The van der Waals surface area contributed by atoms with E-state index in [2.05, 4.69) is 21.9 Å². The third-order valence-electron chi connectivity index (χ3n) is 12.4. The second-order valence-corrected chi connectivity index (χ2v) is 16.6. The Morgan fingerprint density at radius 2 is 1.29 bits per heavy atom. The van der Waals surface area contributed by atoms with Crippen molar-refractivity contribution >= 4 is 17.4 Å². The fraction of sp³-hybridized carbons (Fsp3) is 0.565. The van der Waals surface area contributed by atoms with Crippen molar-refractivity contribution in [3.8, 4) is 0 Å². The molecule has 6 unspecified atom stereocenters. The maximum Gasteiger partial charge on any atom is 0.468 e. The summed E-state index contributed by atoms with van der Waals surface area (Å²) < 4.78 is 95.1. The van der Waals surface area contributed by atoms with Crippen LogP contribution in [0.25, 0.3) is 10.4 Å². The van der Waals surface area contributed by atoms with Gasteiger partial charge in [-0.25, -0.2) is 4.99 Å². The summed E-state index contributed by atoms with van der Waals surface area (Å²) in [6, 6.07) is 25.2. The standard InChI is InChI=1S/C46H57F3N4O9/c1-26-28(3)38(31(6)54)59-42(30(26)5)61-41-37(52-53-50)43(62-45(46(47,48)49)51-35-21-15-10-16-22-35)57-32(7)40(41)60-44-39(56-24-34-19-13-9-14-20-34)29(4)27(2)36(58-44)25-55-23-33-17-11-8-12-18-33/h8-22,26-30,32,36-44H,23-25H2,1-7H3/t26-,27-,28-,29-,30?,32-,36?,37?,38?,39?,40+,41+,42-,43?,44-/m0/s1. The van der Waals surface area contributed by atoms with Gasteiger partial charge in [-0.3, -0.25) is 4.79 Å². The normalized spacial score (nSPS) is 34.2. The van der Waals surface area contributed by atoms with Crippen molar-refractivity contribution in [3.63, 3.8) is 0 Å². The topological polar surface area (TPSA) is 152 Å². The van der Waals surface area contributed by atoms with E-state index in [0.717, 1.165) is 11.1 Å². The number of alkyl halides is 3. The summed E-state index contributed by atoms with van der Waals surface area (Å²) in [5.74, 6) is -2.64. The number of para-hydroxylation sites is 1. The van der Waals surface area contributed by atoms with Crippen molar-refractivity contribution in [2.45, 2.75) is 129 Å². The van der Waals surface area contributed by atoms with Crippen LogP contribution < -0.4 is 0 Å². The highest BCUT2D eigenvalue weighted by Crippen LogP contribution is 2.41. The molecule has 0 N–H and O–H groups in total. The van der Waals surface area contributed by atoms with Gasteiger partial charge in [0.15, 0.2) is 18.4 Å². The Kier molecular flexibility index (Phi) is 16.2. The quantitative estimate of drug-likeness (QED) is 0.0478. The molecule has 0 radical (unpaired) electrons. The van der Waals surface area contributed by atoms with Gasteiger partial charge in [0, 0.05) is 10.8 Å². The van der Waals surface area contributed by atoms with E-state index >= 15 is 0 Å². The van der Waals surface area contributed by atoms with Crippen LogP contribution >= 0.6 is 0 Å². The Morgan fingerprint density at radius 1 is 0.694 bits per heavy atom. The first kappa shape index (κ1) is 47.1. The summed E-state index contributed by atoms with van der Waals surface area (Å²) in [5, 5.41) is 3.94. The van der Waals surface area contributed by atoms with Crippen molar-refractivity contribution in [1.29, 1.82) is 0 Å². The molecule has 0 aromatic heterocycles. The monoisotopic (exact) mass is 866 g/mol. The zero-order valence-corrected chi connectivity index (χ0v) is 36.0. The molecule has 3 aliphatic rings. The van der Waals surface area contributed by atoms with Crippen molar-refractivity contribution < 1.29 is 55.9 Å². The van der Waals surface area contributed by atoms with Crippen LogP contribution in [0.5, 0.6) is 0 Å². The molecule has 0 spiro atoms. The Labute approximate surface area is 360 Å². The molecule has 0 aliphatic carbocycles. The van der Waals surface area contributed by atoms with Crippen LogP contribution in [-0.2, 0) is 55.9 Å². The molecule has 15 atom stereocenters. The molecular weight excluding hydrogens is 810 g/mol. The van der Waals surface area contributed by atoms with Crippen LogP contribution in [-0.4, -0.2) is 86.0 Å². The van der Waals surface area contributed by atoms with Gasteiger partial charge in [0.25, 0.3) is 5.90 Å². The third kappa shape index (κ3) is 11.6. The van der Waals surface area contributed by atoms with E-state index in [-0.39, 0.29) is 54.3 Å². The number of carbonyl (C=O) groups is 1. The number of benzene rings is 3. The molecule has 3 fully saturated rings. The molecule has 3 aromatic carbocycles. The molecule has 3 saturated heterocycles. The van der Waals surface area contributed by atoms with Gasteiger partial charge in [-0.2, -0.15) is 13.2 Å². The number of halogens is 3. The van der Waals surface area contributed by atoms with E-state index in [4.69, 9.17) is 37.9 Å². The number of azide groups is 1. The number of aliphatic imine (C=N–C) groups is 1. The first-order chi connectivity index (χ1) is 29.7. The lowest BCUT2D eigenvalue weighted by atomic mass is 9.78. The van der Waals surface area contributed by atoms with Gasteiger partial charge in [0.2, 0.25) is 6.29 Å². The zero-order chi connectivity index (χ0) is 44.6. The lowest BCUT2D eigenvalue weighted by molar-refractivity contribution is -0.355. The minimum atomic E-state index is -5.07. The number of nitrogens with zero attached hydrogens (tertiary/aromatic N) is 4. The number of hydrogen-bond acceptors (Lipinski definition) is 11. The maximum absolute atomic E-state index is 14.6. The average Bonchev–Trinajstić information content (AvgIpc) is 3.25. The summed E-state index contributed by atoms with van der Waals surface area (Å²) in [6.45, 7) is 13.7. The van der Waals surface area contributed by atoms with Crippen LogP contribution in [0.15, 0.2) is 101 Å². The number of carbonyl (C=O) groups excluding carboxylic acids is 1. The predicted octanol–water partition coefficient (Wildman–Crippen LogP) is 9.51. The van der Waals surface area contributed by atoms with Gasteiger partial charge in [-0.1, -0.05) is 119 Å². The van der Waals surface area contributed by atoms with Crippen LogP contribution in [0.1, 0.15) is 59.6 Å². The first-order valence-electron chi connectivity index (χ1n) is 21.1. The highest BCUT2D eigenvalue weighted by molar-refractivity contribution is 5.84. The Bertz CT molecular complexity index is 1960. The minimum Gasteiger partial charge on any atom is -0.444 e. The lowest BCUT2D eigenvalue weighted by Crippen LogP contribution is -2.63. The molecule has 6 rings (SSSR count). The number of ketones is 1. The average molecular weight is 867 g/mol. The van der Waals surface area contributed by atoms with Crippen LogP contribution in [0, 0.1) is 29.6 Å². The number of rotatable bonds is 15. The van der Waals surface area contributed by atoms with Gasteiger partial charge in [-0.05, 0) is 66.3 Å². The Balaban J connectivity index is 1.36. The largest absolute Gasteiger partial charge is 0.468 e. The third-order valence-corrected chi connectivity index (χ3v) is 12.4. The fourth-order valence-electron chi connectivity index (χ4n) is 8.25. The molecule has 336 valence electrons. The van der Waals surface area contributed by atoms with E-state index in [0.29, 0.717) is 6.61 Å². The zero-order valence-electron chi connectivity index (χ0n) is 36.0. The summed E-state index contributed by atoms with van der Waals surface area (Å²) in [5.41, 5.74) is 11.8. The molecule has 3 aromatic rings. The van der Waals surface area contributed by atoms with Crippen molar-refractivity contribution in [2.24, 2.45) is 39.7 Å². The van der Waals surface area contributed by atoms with E-state index in [1.165, 1.54) is 31.2 Å². The number of ether oxygens (including phenoxy) is 8. The molecule has 0 amide bonds. The summed E-state index contributed by atoms with van der Waals surface area (Å²) >= 11 is 0. The molecular formula is C46H57F3N4O9. The highest BCUT2D eigenvalue weighted by atomic mass is 19.4. The highest BCUT2D eigenvalue weighted by Gasteiger charge is 2.54. The van der Waals surface area contributed by atoms with Gasteiger partial charge < -0.3 is 37.9 Å². The minimum absolute atomic E-state index is 0.0255. The van der Waals surface area contributed by atoms with Gasteiger partial charge in [0.1, 0.15) is 30.5 Å². The smallest absolute Gasteiger partial charge is 0.444 e. The molecule has 3 heterocycles. The molecule has 13 nitrogen and oxygen atoms in total. The SMILES string of the molecule is CC(=O)C1O[C@@H](O[C@@H]2C(N=[N+]=[N-])C(OC(=Nc3ccccc3)C(F)(F)F)O[C@@H](C)[C@H]2O[C@@H]2OC(COCc3ccccc3)[C@@H](C)[C@H](C)C2OCc2ccccc2)C(C)[C@@H](C)[C@@H]1C. The van der Waals surface area contributed by atoms with E-state index in [1.54, 1.807) is 13.0 Å². The van der Waals surface area contributed by atoms with Gasteiger partial charge >= 0.3 is 6.18 Å². The van der Waals surface area contributed by atoms with Crippen LogP contribution in [0.2, 0.25) is 0 Å². The summed E-state index contributed by atoms with van der Waals surface area (Å²) in [6.07, 6.45) is -14.7. The van der Waals surface area contributed by atoms with Crippen LogP contribution in [0.3, 0.4) is 0 Å². The second kappa shape index (κ2) is 21.3. The molecule has 0 bridgehead atoms. The number of Topliss-reactive ketones (excluding diaryl/α,β-unsaturated/α-hetero) is 1. The molecule has 3 aliphatic heterocycles. The lowest BCUT2D eigenvalue weighted by Gasteiger charge is -2.50. The van der Waals surface area contributed by atoms with Gasteiger partial charge in [-0.15, -0.1) is 0 Å². The fourth-order valence-corrected chi connectivity index (χ4v) is 8.25. The van der Waals surface area contributed by atoms with Crippen molar-refractivity contribution in [3.05, 3.63) is 113 Å². The molecule has 62 heavy (non-hydrogen) atoms. The van der Waals surface area contributed by atoms with E-state index in [9.17, 15) is 23.5 Å². The van der Waals surface area contributed by atoms with Crippen LogP contribution in [0.4, 0.5) is 18.9 Å². The second-order valence-electron chi connectivity index (χ2n) is 16.6. The number of hydrogen-bond donors (Lipinski definition) is 0. The Hall–Kier alpha value is -4.38.